The van der Waals surface area contributed by atoms with Crippen molar-refractivity contribution in [1.29, 1.82) is 0 Å². The Morgan fingerprint density at radius 2 is 1.94 bits per heavy atom. The van der Waals surface area contributed by atoms with Gasteiger partial charge in [-0.2, -0.15) is 0 Å². The highest BCUT2D eigenvalue weighted by Gasteiger charge is 2.30. The molecule has 1 fully saturated rings. The molecule has 3 N–H and O–H groups in total. The molecular formula is C26H32N4O4. The van der Waals surface area contributed by atoms with Crippen molar-refractivity contribution < 1.29 is 19.4 Å². The van der Waals surface area contributed by atoms with Crippen LogP contribution in [-0.4, -0.2) is 83.7 Å². The number of carbonyl (C=O) groups excluding carboxylic acids is 2. The summed E-state index contributed by atoms with van der Waals surface area (Å²) >= 11 is 0. The number of hydrogen-bond donors (Lipinski definition) is 3. The maximum Gasteiger partial charge on any atom is 0.256 e. The Morgan fingerprint density at radius 1 is 1.15 bits per heavy atom. The van der Waals surface area contributed by atoms with E-state index in [4.69, 9.17) is 4.74 Å². The maximum absolute atomic E-state index is 13.5. The summed E-state index contributed by atoms with van der Waals surface area (Å²) in [5, 5.41) is 13.6. The van der Waals surface area contributed by atoms with Crippen molar-refractivity contribution in [2.75, 3.05) is 51.3 Å². The van der Waals surface area contributed by atoms with Crippen LogP contribution in [0.25, 0.3) is 11.6 Å². The van der Waals surface area contributed by atoms with Crippen LogP contribution in [0, 0.1) is 13.8 Å². The predicted octanol–water partition coefficient (Wildman–Crippen LogP) is 2.21. The van der Waals surface area contributed by atoms with Gasteiger partial charge in [0, 0.05) is 55.4 Å². The van der Waals surface area contributed by atoms with Crippen LogP contribution in [0.3, 0.4) is 0 Å². The van der Waals surface area contributed by atoms with Gasteiger partial charge in [0.2, 0.25) is 0 Å². The molecule has 0 saturated carbocycles. The number of anilines is 1. The van der Waals surface area contributed by atoms with E-state index in [1.165, 1.54) is 0 Å². The smallest absolute Gasteiger partial charge is 0.256 e. The summed E-state index contributed by atoms with van der Waals surface area (Å²) < 4.78 is 5.38. The number of amides is 2. The molecule has 3 aliphatic heterocycles. The molecule has 1 aromatic heterocycles. The first-order valence-electron chi connectivity index (χ1n) is 12.0. The number of fused-ring (bicyclic) bond motifs is 2. The van der Waals surface area contributed by atoms with Crippen molar-refractivity contribution in [2.24, 2.45) is 0 Å². The molecule has 0 bridgehead atoms. The van der Waals surface area contributed by atoms with Gasteiger partial charge in [-0.25, -0.2) is 0 Å². The molecule has 0 spiro atoms. The Hall–Kier alpha value is -2.94. The molecule has 1 atom stereocenters. The minimum absolute atomic E-state index is 0.0564. The second kappa shape index (κ2) is 9.37. The van der Waals surface area contributed by atoms with Gasteiger partial charge in [0.25, 0.3) is 11.8 Å². The Kier molecular flexibility index (Phi) is 6.29. The average Bonchev–Trinajstić information content (AvgIpc) is 3.23. The molecule has 2 aromatic rings. The largest absolute Gasteiger partial charge is 0.390 e. The molecule has 1 aromatic carbocycles. The van der Waals surface area contributed by atoms with E-state index in [1.54, 1.807) is 4.90 Å². The predicted molar refractivity (Wildman–Crippen MR) is 131 cm³/mol. The maximum atomic E-state index is 13.5. The van der Waals surface area contributed by atoms with Gasteiger partial charge in [-0.15, -0.1) is 0 Å². The van der Waals surface area contributed by atoms with Crippen molar-refractivity contribution in [3.05, 3.63) is 51.8 Å². The highest BCUT2D eigenvalue weighted by molar-refractivity contribution is 6.35. The number of aryl methyl sites for hydroxylation is 2. The highest BCUT2D eigenvalue weighted by Crippen LogP contribution is 2.35. The van der Waals surface area contributed by atoms with E-state index in [0.29, 0.717) is 44.0 Å². The summed E-state index contributed by atoms with van der Waals surface area (Å²) in [6, 6.07) is 5.90. The Morgan fingerprint density at radius 3 is 2.74 bits per heavy atom. The van der Waals surface area contributed by atoms with Gasteiger partial charge in [0.05, 0.1) is 30.5 Å². The van der Waals surface area contributed by atoms with Crippen LogP contribution in [0.5, 0.6) is 0 Å². The minimum atomic E-state index is -0.605. The first-order valence-corrected chi connectivity index (χ1v) is 12.0. The van der Waals surface area contributed by atoms with Crippen molar-refractivity contribution >= 4 is 29.2 Å². The summed E-state index contributed by atoms with van der Waals surface area (Å²) in [7, 11) is 0. The van der Waals surface area contributed by atoms with E-state index in [-0.39, 0.29) is 11.8 Å². The minimum Gasteiger partial charge on any atom is -0.390 e. The molecule has 5 rings (SSSR count). The molecule has 0 unspecified atom stereocenters. The van der Waals surface area contributed by atoms with Crippen molar-refractivity contribution in [2.45, 2.75) is 32.8 Å². The van der Waals surface area contributed by atoms with E-state index < -0.39 is 6.10 Å². The Bertz CT molecular complexity index is 1150. The first kappa shape index (κ1) is 22.8. The quantitative estimate of drug-likeness (QED) is 0.590. The summed E-state index contributed by atoms with van der Waals surface area (Å²) in [6.45, 7) is 8.38. The van der Waals surface area contributed by atoms with Crippen LogP contribution < -0.4 is 5.32 Å². The van der Waals surface area contributed by atoms with Crippen LogP contribution in [0.1, 0.15) is 44.9 Å². The molecule has 4 heterocycles. The third-order valence-electron chi connectivity index (χ3n) is 6.97. The van der Waals surface area contributed by atoms with Crippen LogP contribution in [-0.2, 0) is 16.0 Å². The molecule has 3 aliphatic rings. The van der Waals surface area contributed by atoms with E-state index >= 15 is 0 Å². The lowest BCUT2D eigenvalue weighted by molar-refractivity contribution is -0.110. The Labute approximate surface area is 199 Å². The zero-order chi connectivity index (χ0) is 23.8. The van der Waals surface area contributed by atoms with Gasteiger partial charge in [-0.3, -0.25) is 14.5 Å². The van der Waals surface area contributed by atoms with Gasteiger partial charge in [-0.1, -0.05) is 11.6 Å². The lowest BCUT2D eigenvalue weighted by Crippen LogP contribution is -2.46. The number of carbonyl (C=O) groups is 2. The molecular weight excluding hydrogens is 432 g/mol. The van der Waals surface area contributed by atoms with Crippen LogP contribution in [0.2, 0.25) is 0 Å². The number of benzene rings is 1. The zero-order valence-corrected chi connectivity index (χ0v) is 19.8. The van der Waals surface area contributed by atoms with E-state index in [1.807, 2.05) is 38.1 Å². The van der Waals surface area contributed by atoms with E-state index in [9.17, 15) is 14.7 Å². The molecule has 0 radical (unpaired) electrons. The number of ether oxygens (including phenoxy) is 1. The first-order chi connectivity index (χ1) is 16.4. The van der Waals surface area contributed by atoms with Gasteiger partial charge < -0.3 is 25.0 Å². The number of aliphatic hydroxyl groups excluding tert-OH is 1. The number of aliphatic hydroxyl groups is 1. The number of H-pyrrole nitrogens is 1. The third kappa shape index (κ3) is 4.41. The fourth-order valence-corrected chi connectivity index (χ4v) is 5.17. The number of aromatic nitrogens is 1. The SMILES string of the molecule is Cc1ccc2c(c1)/C(=C/c1[nH]c3c(c1C)C(=O)N(C[C@H](O)CN1CCOCC1)CCC3)C(=O)N2. The molecule has 8 heteroatoms. The third-order valence-corrected chi connectivity index (χ3v) is 6.97. The molecule has 180 valence electrons. The standard InChI is InChI=1S/C26H32N4O4/c1-16-5-6-21-19(12-16)20(25(32)28-21)13-23-17(2)24-22(27-23)4-3-7-30(26(24)33)15-18(31)14-29-8-10-34-11-9-29/h5-6,12-13,18,27,31H,3-4,7-11,14-15H2,1-2H3,(H,28,32)/b20-13-/t18-/m1/s1. The van der Waals surface area contributed by atoms with E-state index in [2.05, 4.69) is 15.2 Å². The van der Waals surface area contributed by atoms with Crippen LogP contribution >= 0.6 is 0 Å². The van der Waals surface area contributed by atoms with Gasteiger partial charge >= 0.3 is 0 Å². The summed E-state index contributed by atoms with van der Waals surface area (Å²) in [5.41, 5.74) is 6.58. The van der Waals surface area contributed by atoms with Gasteiger partial charge in [0.15, 0.2) is 0 Å². The molecule has 34 heavy (non-hydrogen) atoms. The van der Waals surface area contributed by atoms with Crippen LogP contribution in [0.4, 0.5) is 5.69 Å². The molecule has 1 saturated heterocycles. The number of nitrogens with one attached hydrogen (secondary N) is 2. The number of nitrogens with zero attached hydrogens (tertiary/aromatic N) is 2. The number of morpholine rings is 1. The zero-order valence-electron chi connectivity index (χ0n) is 19.8. The fourth-order valence-electron chi connectivity index (χ4n) is 5.17. The summed E-state index contributed by atoms with van der Waals surface area (Å²) in [6.07, 6.45) is 2.83. The van der Waals surface area contributed by atoms with E-state index in [0.717, 1.165) is 59.7 Å². The van der Waals surface area contributed by atoms with Gasteiger partial charge in [0.1, 0.15) is 0 Å². The number of β-amino-alcohol motifs (C(OH)–C–C–N with tert-alkyl or cyclic N) is 1. The second-order valence-corrected chi connectivity index (χ2v) is 9.50. The summed E-state index contributed by atoms with van der Waals surface area (Å²) in [5.74, 6) is -0.192. The molecule has 2 amide bonds. The second-order valence-electron chi connectivity index (χ2n) is 9.50. The number of aromatic amines is 1. The topological polar surface area (TPSA) is 97.9 Å². The van der Waals surface area contributed by atoms with Crippen molar-refractivity contribution in [1.82, 2.24) is 14.8 Å². The lowest BCUT2D eigenvalue weighted by atomic mass is 10.0. The monoisotopic (exact) mass is 464 g/mol. The Balaban J connectivity index is 1.38. The highest BCUT2D eigenvalue weighted by atomic mass is 16.5. The summed E-state index contributed by atoms with van der Waals surface area (Å²) in [4.78, 5) is 33.5. The molecule has 8 nitrogen and oxygen atoms in total. The van der Waals surface area contributed by atoms with Crippen LogP contribution in [0.15, 0.2) is 18.2 Å². The fraction of sp³-hybridized carbons (Fsp3) is 0.462. The average molecular weight is 465 g/mol. The van der Waals surface area contributed by atoms with Crippen molar-refractivity contribution in [3.63, 3.8) is 0 Å². The number of hydrogen-bond acceptors (Lipinski definition) is 5. The lowest BCUT2D eigenvalue weighted by Gasteiger charge is -2.31. The number of rotatable bonds is 5. The normalized spacial score (nSPS) is 20.8. The van der Waals surface area contributed by atoms with Crippen molar-refractivity contribution in [3.8, 4) is 0 Å². The molecule has 0 aliphatic carbocycles. The van der Waals surface area contributed by atoms with Gasteiger partial charge in [-0.05, 0) is 50.5 Å².